The Morgan fingerprint density at radius 1 is 1.22 bits per heavy atom. The smallest absolute Gasteiger partial charge is 0.228 e. The molecule has 1 heterocycles. The van der Waals surface area contributed by atoms with E-state index < -0.39 is 0 Å². The Kier molecular flexibility index (Phi) is 5.65. The van der Waals surface area contributed by atoms with Crippen LogP contribution in [-0.2, 0) is 16.1 Å². The van der Waals surface area contributed by atoms with Crippen molar-refractivity contribution in [1.29, 1.82) is 0 Å². The zero-order valence-corrected chi connectivity index (χ0v) is 14.2. The van der Waals surface area contributed by atoms with Crippen molar-refractivity contribution in [3.63, 3.8) is 0 Å². The lowest BCUT2D eigenvalue weighted by Gasteiger charge is -2.23. The first-order chi connectivity index (χ1) is 10.6. The minimum atomic E-state index is -0.0432. The van der Waals surface area contributed by atoms with E-state index in [-0.39, 0.29) is 35.6 Å². The van der Waals surface area contributed by atoms with Crippen LogP contribution in [0.4, 0.5) is 5.69 Å². The maximum absolute atomic E-state index is 12.4. The van der Waals surface area contributed by atoms with Gasteiger partial charge in [-0.1, -0.05) is 12.1 Å². The fraction of sp³-hybridized carbons (Fsp3) is 0.529. The van der Waals surface area contributed by atoms with Gasteiger partial charge in [-0.2, -0.15) is 0 Å². The van der Waals surface area contributed by atoms with Crippen LogP contribution in [0.25, 0.3) is 0 Å². The van der Waals surface area contributed by atoms with Crippen LogP contribution in [-0.4, -0.2) is 24.9 Å². The second kappa shape index (κ2) is 7.32. The van der Waals surface area contributed by atoms with Gasteiger partial charge in [-0.15, -0.1) is 12.4 Å². The molecule has 5 nitrogen and oxygen atoms in total. The van der Waals surface area contributed by atoms with Gasteiger partial charge < -0.3 is 16.0 Å². The Labute approximate surface area is 143 Å². The summed E-state index contributed by atoms with van der Waals surface area (Å²) >= 11 is 0. The summed E-state index contributed by atoms with van der Waals surface area (Å²) in [4.78, 5) is 23.2. The summed E-state index contributed by atoms with van der Waals surface area (Å²) in [5.41, 5.74) is 2.11. The highest BCUT2D eigenvalue weighted by Crippen LogP contribution is 2.58. The quantitative estimate of drug-likeness (QED) is 0.787. The Balaban J connectivity index is 0.00000192. The third-order valence-corrected chi connectivity index (χ3v) is 4.87. The molecule has 0 aromatic heterocycles. The summed E-state index contributed by atoms with van der Waals surface area (Å²) in [6.07, 6.45) is 3.25. The molecule has 23 heavy (non-hydrogen) atoms. The van der Waals surface area contributed by atoms with E-state index in [0.717, 1.165) is 43.6 Å². The van der Waals surface area contributed by atoms with Crippen LogP contribution in [0, 0.1) is 11.3 Å². The molecule has 1 spiro atoms. The maximum Gasteiger partial charge on any atom is 0.228 e. The maximum atomic E-state index is 12.4. The van der Waals surface area contributed by atoms with Crippen LogP contribution in [0.2, 0.25) is 0 Å². The number of hydrogen-bond acceptors (Lipinski definition) is 3. The Bertz CT molecular complexity index is 568. The van der Waals surface area contributed by atoms with Gasteiger partial charge in [0.2, 0.25) is 11.8 Å². The number of benzene rings is 1. The number of piperidine rings is 1. The number of nitrogens with one attached hydrogen (secondary N) is 3. The summed E-state index contributed by atoms with van der Waals surface area (Å²) < 4.78 is 0. The molecule has 3 rings (SSSR count). The van der Waals surface area contributed by atoms with Gasteiger partial charge in [0.25, 0.3) is 0 Å². The highest BCUT2D eigenvalue weighted by molar-refractivity contribution is 5.95. The normalized spacial score (nSPS) is 21.2. The van der Waals surface area contributed by atoms with E-state index in [4.69, 9.17) is 0 Å². The highest BCUT2D eigenvalue weighted by atomic mass is 35.5. The molecular weight excluding hydrogens is 314 g/mol. The number of anilines is 1. The predicted octanol–water partition coefficient (Wildman–Crippen LogP) is 2.07. The summed E-state index contributed by atoms with van der Waals surface area (Å²) in [7, 11) is 0. The van der Waals surface area contributed by atoms with Crippen LogP contribution in [0.5, 0.6) is 0 Å². The van der Waals surface area contributed by atoms with Crippen molar-refractivity contribution >= 4 is 29.9 Å². The second-order valence-electron chi connectivity index (χ2n) is 6.46. The van der Waals surface area contributed by atoms with Gasteiger partial charge in [-0.25, -0.2) is 0 Å². The van der Waals surface area contributed by atoms with E-state index in [9.17, 15) is 9.59 Å². The molecule has 1 atom stereocenters. The molecule has 126 valence electrons. The number of halogens is 1. The third kappa shape index (κ3) is 4.24. The lowest BCUT2D eigenvalue weighted by Crippen LogP contribution is -2.31. The summed E-state index contributed by atoms with van der Waals surface area (Å²) in [6.45, 7) is 4.08. The van der Waals surface area contributed by atoms with Gasteiger partial charge in [0.15, 0.2) is 0 Å². The standard InChI is InChI=1S/C17H23N3O2.ClH/c1-12(21)19-11-13-2-4-14(5-3-13)20-16(22)15-10-17(15)6-8-18-9-7-17;/h2-5,15,18H,6-11H2,1H3,(H,19,21)(H,20,22);1H. The van der Waals surface area contributed by atoms with Crippen molar-refractivity contribution in [2.24, 2.45) is 11.3 Å². The summed E-state index contributed by atoms with van der Waals surface area (Å²) in [5.74, 6) is 0.281. The van der Waals surface area contributed by atoms with Crippen molar-refractivity contribution in [3.8, 4) is 0 Å². The molecule has 1 aromatic carbocycles. The number of carbonyl (C=O) groups excluding carboxylic acids is 2. The Morgan fingerprint density at radius 2 is 1.87 bits per heavy atom. The molecule has 0 bridgehead atoms. The first kappa shape index (κ1) is 17.8. The lowest BCUT2D eigenvalue weighted by atomic mass is 9.92. The van der Waals surface area contributed by atoms with Crippen molar-refractivity contribution in [2.45, 2.75) is 32.7 Å². The minimum Gasteiger partial charge on any atom is -0.352 e. The van der Waals surface area contributed by atoms with Crippen LogP contribution in [0.1, 0.15) is 31.7 Å². The number of rotatable bonds is 4. The molecule has 1 unspecified atom stereocenters. The molecule has 2 fully saturated rings. The second-order valence-corrected chi connectivity index (χ2v) is 6.46. The van der Waals surface area contributed by atoms with E-state index in [1.54, 1.807) is 0 Å². The van der Waals surface area contributed by atoms with Crippen molar-refractivity contribution in [2.75, 3.05) is 18.4 Å². The molecule has 1 aliphatic heterocycles. The largest absolute Gasteiger partial charge is 0.352 e. The van der Waals surface area contributed by atoms with E-state index >= 15 is 0 Å². The third-order valence-electron chi connectivity index (χ3n) is 4.87. The van der Waals surface area contributed by atoms with E-state index in [0.29, 0.717) is 6.54 Å². The van der Waals surface area contributed by atoms with E-state index in [1.165, 1.54) is 6.92 Å². The molecule has 1 aromatic rings. The predicted molar refractivity (Wildman–Crippen MR) is 92.5 cm³/mol. The van der Waals surface area contributed by atoms with Gasteiger partial charge >= 0.3 is 0 Å². The van der Waals surface area contributed by atoms with Gasteiger partial charge in [-0.05, 0) is 55.5 Å². The van der Waals surface area contributed by atoms with Crippen LogP contribution < -0.4 is 16.0 Å². The highest BCUT2D eigenvalue weighted by Gasteiger charge is 2.57. The SMILES string of the molecule is CC(=O)NCc1ccc(NC(=O)C2CC23CCNCC3)cc1.Cl. The van der Waals surface area contributed by atoms with Gasteiger partial charge in [0, 0.05) is 25.1 Å². The Hall–Kier alpha value is -1.59. The van der Waals surface area contributed by atoms with Crippen molar-refractivity contribution in [3.05, 3.63) is 29.8 Å². The van der Waals surface area contributed by atoms with Crippen molar-refractivity contribution in [1.82, 2.24) is 10.6 Å². The molecule has 1 saturated heterocycles. The van der Waals surface area contributed by atoms with Gasteiger partial charge in [0.05, 0.1) is 0 Å². The first-order valence-electron chi connectivity index (χ1n) is 7.94. The van der Waals surface area contributed by atoms with Crippen LogP contribution >= 0.6 is 12.4 Å². The first-order valence-corrected chi connectivity index (χ1v) is 7.94. The lowest BCUT2D eigenvalue weighted by molar-refractivity contribution is -0.119. The number of carbonyl (C=O) groups is 2. The fourth-order valence-electron chi connectivity index (χ4n) is 3.36. The average Bonchev–Trinajstić information content (AvgIpc) is 3.20. The van der Waals surface area contributed by atoms with Crippen molar-refractivity contribution < 1.29 is 9.59 Å². The molecule has 1 aliphatic carbocycles. The fourth-order valence-corrected chi connectivity index (χ4v) is 3.36. The monoisotopic (exact) mass is 337 g/mol. The van der Waals surface area contributed by atoms with Crippen LogP contribution in [0.15, 0.2) is 24.3 Å². The molecule has 0 radical (unpaired) electrons. The molecule has 2 aliphatic rings. The van der Waals surface area contributed by atoms with E-state index in [2.05, 4.69) is 16.0 Å². The van der Waals surface area contributed by atoms with Crippen LogP contribution in [0.3, 0.4) is 0 Å². The molecule has 3 N–H and O–H groups in total. The van der Waals surface area contributed by atoms with E-state index in [1.807, 2.05) is 24.3 Å². The molecule has 2 amide bonds. The van der Waals surface area contributed by atoms with Gasteiger partial charge in [-0.3, -0.25) is 9.59 Å². The topological polar surface area (TPSA) is 70.2 Å². The van der Waals surface area contributed by atoms with Gasteiger partial charge in [0.1, 0.15) is 0 Å². The molecular formula is C17H24ClN3O2. The molecule has 6 heteroatoms. The zero-order valence-electron chi connectivity index (χ0n) is 13.4. The number of amides is 2. The zero-order chi connectivity index (χ0) is 15.6. The summed E-state index contributed by atoms with van der Waals surface area (Å²) in [6, 6.07) is 7.65. The minimum absolute atomic E-state index is 0. The Morgan fingerprint density at radius 3 is 2.48 bits per heavy atom. The molecule has 1 saturated carbocycles. The number of hydrogen-bond donors (Lipinski definition) is 3. The summed E-state index contributed by atoms with van der Waals surface area (Å²) in [5, 5.41) is 9.13. The average molecular weight is 338 g/mol.